The Morgan fingerprint density at radius 3 is 2.68 bits per heavy atom. The Bertz CT molecular complexity index is 994. The first-order chi connectivity index (χ1) is 13.7. The first-order valence-electron chi connectivity index (χ1n) is 9.18. The Hall–Kier alpha value is -3.54. The summed E-state index contributed by atoms with van der Waals surface area (Å²) < 4.78 is 10.6. The molecule has 0 saturated carbocycles. The van der Waals surface area contributed by atoms with Gasteiger partial charge in [-0.3, -0.25) is 9.59 Å². The molecule has 0 aliphatic carbocycles. The third-order valence-corrected chi connectivity index (χ3v) is 4.64. The summed E-state index contributed by atoms with van der Waals surface area (Å²) in [6, 6.07) is 16.0. The van der Waals surface area contributed by atoms with Gasteiger partial charge in [0.05, 0.1) is 12.9 Å². The Morgan fingerprint density at radius 2 is 1.96 bits per heavy atom. The summed E-state index contributed by atoms with van der Waals surface area (Å²) in [7, 11) is 0. The van der Waals surface area contributed by atoms with Crippen molar-refractivity contribution in [3.8, 4) is 5.75 Å². The summed E-state index contributed by atoms with van der Waals surface area (Å²) in [4.78, 5) is 26.9. The summed E-state index contributed by atoms with van der Waals surface area (Å²) in [5.41, 5.74) is 3.04. The Balaban J connectivity index is 1.51. The topological polar surface area (TPSA) is 71.8 Å². The van der Waals surface area contributed by atoms with Crippen LogP contribution in [0.4, 0.5) is 11.4 Å². The molecule has 1 N–H and O–H groups in total. The summed E-state index contributed by atoms with van der Waals surface area (Å²) in [6.07, 6.45) is 2.26. The molecule has 1 aromatic heterocycles. The largest absolute Gasteiger partial charge is 0.494 e. The van der Waals surface area contributed by atoms with Crippen molar-refractivity contribution in [3.05, 3.63) is 77.7 Å². The molecule has 2 amide bonds. The lowest BCUT2D eigenvalue weighted by atomic mass is 10.1. The van der Waals surface area contributed by atoms with Crippen LogP contribution in [0.5, 0.6) is 5.75 Å². The van der Waals surface area contributed by atoms with Gasteiger partial charge in [-0.1, -0.05) is 6.07 Å². The maximum Gasteiger partial charge on any atom is 0.293 e. The highest BCUT2D eigenvalue weighted by Gasteiger charge is 2.27. The number of carbonyl (C=O) groups excluding carboxylic acids is 2. The highest BCUT2D eigenvalue weighted by Crippen LogP contribution is 2.32. The van der Waals surface area contributed by atoms with Crippen molar-refractivity contribution >= 4 is 23.2 Å². The predicted molar refractivity (Wildman–Crippen MR) is 106 cm³/mol. The molecular formula is C22H20N2O4. The molecule has 4 rings (SSSR count). The lowest BCUT2D eigenvalue weighted by Crippen LogP contribution is -2.28. The van der Waals surface area contributed by atoms with Crippen LogP contribution in [0.15, 0.2) is 65.3 Å². The zero-order valence-electron chi connectivity index (χ0n) is 15.5. The summed E-state index contributed by atoms with van der Waals surface area (Å²) in [5.74, 6) is 0.629. The predicted octanol–water partition coefficient (Wildman–Crippen LogP) is 4.13. The van der Waals surface area contributed by atoms with Gasteiger partial charge in [0.25, 0.3) is 11.8 Å². The van der Waals surface area contributed by atoms with E-state index in [0.29, 0.717) is 30.2 Å². The molecule has 0 atom stereocenters. The van der Waals surface area contributed by atoms with Gasteiger partial charge in [0.15, 0.2) is 5.76 Å². The Kier molecular flexibility index (Phi) is 4.85. The van der Waals surface area contributed by atoms with Crippen LogP contribution in [0.2, 0.25) is 0 Å². The van der Waals surface area contributed by atoms with Gasteiger partial charge in [0, 0.05) is 23.5 Å². The van der Waals surface area contributed by atoms with Gasteiger partial charge in [-0.25, -0.2) is 0 Å². The maximum atomic E-state index is 12.6. The lowest BCUT2D eigenvalue weighted by Gasteiger charge is -2.17. The Labute approximate surface area is 162 Å². The van der Waals surface area contributed by atoms with Gasteiger partial charge in [-0.15, -0.1) is 0 Å². The second kappa shape index (κ2) is 7.60. The molecule has 1 aliphatic rings. The third-order valence-electron chi connectivity index (χ3n) is 4.64. The van der Waals surface area contributed by atoms with Crippen LogP contribution in [-0.4, -0.2) is 25.0 Å². The zero-order valence-corrected chi connectivity index (χ0v) is 15.5. The first kappa shape index (κ1) is 17.9. The van der Waals surface area contributed by atoms with Gasteiger partial charge in [-0.05, 0) is 67.4 Å². The number of amides is 2. The average molecular weight is 376 g/mol. The van der Waals surface area contributed by atoms with E-state index in [2.05, 4.69) is 5.32 Å². The highest BCUT2D eigenvalue weighted by atomic mass is 16.5. The van der Waals surface area contributed by atoms with E-state index < -0.39 is 0 Å². The monoisotopic (exact) mass is 376 g/mol. The molecule has 0 bridgehead atoms. The highest BCUT2D eigenvalue weighted by molar-refractivity contribution is 6.07. The maximum absolute atomic E-state index is 12.6. The van der Waals surface area contributed by atoms with Crippen LogP contribution >= 0.6 is 0 Å². The molecule has 0 radical (unpaired) electrons. The SMILES string of the molecule is CCOc1ccc(C(=O)Nc2ccc3c(c2)N(C(=O)c2ccco2)CC3)cc1. The van der Waals surface area contributed by atoms with E-state index >= 15 is 0 Å². The van der Waals surface area contributed by atoms with Crippen molar-refractivity contribution < 1.29 is 18.7 Å². The van der Waals surface area contributed by atoms with E-state index in [1.165, 1.54) is 6.26 Å². The fraction of sp³-hybridized carbons (Fsp3) is 0.182. The van der Waals surface area contributed by atoms with Crippen molar-refractivity contribution in [1.29, 1.82) is 0 Å². The minimum absolute atomic E-state index is 0.182. The number of ether oxygens (including phenoxy) is 1. The van der Waals surface area contributed by atoms with Gasteiger partial charge in [-0.2, -0.15) is 0 Å². The minimum Gasteiger partial charge on any atom is -0.494 e. The number of rotatable bonds is 5. The molecule has 0 saturated heterocycles. The molecule has 3 aromatic rings. The van der Waals surface area contributed by atoms with Gasteiger partial charge >= 0.3 is 0 Å². The van der Waals surface area contributed by atoms with Crippen LogP contribution in [0.25, 0.3) is 0 Å². The van der Waals surface area contributed by atoms with E-state index in [9.17, 15) is 9.59 Å². The van der Waals surface area contributed by atoms with Crippen molar-refractivity contribution in [3.63, 3.8) is 0 Å². The van der Waals surface area contributed by atoms with Crippen LogP contribution in [-0.2, 0) is 6.42 Å². The molecule has 28 heavy (non-hydrogen) atoms. The van der Waals surface area contributed by atoms with Crippen LogP contribution in [0, 0.1) is 0 Å². The second-order valence-electron chi connectivity index (χ2n) is 6.44. The fourth-order valence-corrected chi connectivity index (χ4v) is 3.27. The molecular weight excluding hydrogens is 356 g/mol. The molecule has 2 heterocycles. The summed E-state index contributed by atoms with van der Waals surface area (Å²) >= 11 is 0. The molecule has 0 spiro atoms. The van der Waals surface area contributed by atoms with E-state index in [-0.39, 0.29) is 11.8 Å². The number of furan rings is 1. The molecule has 1 aliphatic heterocycles. The average Bonchev–Trinajstić information content (AvgIpc) is 3.38. The molecule has 0 fully saturated rings. The lowest BCUT2D eigenvalue weighted by molar-refractivity contribution is 0.0962. The number of hydrogen-bond acceptors (Lipinski definition) is 4. The molecule has 6 nitrogen and oxygen atoms in total. The van der Waals surface area contributed by atoms with Crippen molar-refractivity contribution in [2.45, 2.75) is 13.3 Å². The number of benzene rings is 2. The smallest absolute Gasteiger partial charge is 0.293 e. The zero-order chi connectivity index (χ0) is 19.5. The van der Waals surface area contributed by atoms with Crippen LogP contribution < -0.4 is 15.0 Å². The number of carbonyl (C=O) groups is 2. The van der Waals surface area contributed by atoms with Crippen molar-refractivity contribution in [1.82, 2.24) is 0 Å². The Morgan fingerprint density at radius 1 is 1.14 bits per heavy atom. The number of anilines is 2. The van der Waals surface area contributed by atoms with E-state index in [1.807, 2.05) is 25.1 Å². The number of hydrogen-bond donors (Lipinski definition) is 1. The molecule has 142 valence electrons. The van der Waals surface area contributed by atoms with Gasteiger partial charge in [0.1, 0.15) is 5.75 Å². The summed E-state index contributed by atoms with van der Waals surface area (Å²) in [5, 5.41) is 2.89. The third kappa shape index (κ3) is 3.49. The second-order valence-corrected chi connectivity index (χ2v) is 6.44. The molecule has 0 unspecified atom stereocenters. The quantitative estimate of drug-likeness (QED) is 0.727. The number of fused-ring (bicyclic) bond motifs is 1. The van der Waals surface area contributed by atoms with Crippen molar-refractivity contribution in [2.75, 3.05) is 23.4 Å². The number of nitrogens with one attached hydrogen (secondary N) is 1. The number of nitrogens with zero attached hydrogens (tertiary/aromatic N) is 1. The summed E-state index contributed by atoms with van der Waals surface area (Å²) in [6.45, 7) is 3.08. The van der Waals surface area contributed by atoms with Crippen LogP contribution in [0.1, 0.15) is 33.4 Å². The minimum atomic E-state index is -0.218. The van der Waals surface area contributed by atoms with E-state index in [0.717, 1.165) is 23.4 Å². The van der Waals surface area contributed by atoms with Crippen LogP contribution in [0.3, 0.4) is 0 Å². The van der Waals surface area contributed by atoms with Crippen molar-refractivity contribution in [2.24, 2.45) is 0 Å². The van der Waals surface area contributed by atoms with Gasteiger partial charge < -0.3 is 19.4 Å². The van der Waals surface area contributed by atoms with E-state index in [1.54, 1.807) is 41.3 Å². The first-order valence-corrected chi connectivity index (χ1v) is 9.18. The van der Waals surface area contributed by atoms with Gasteiger partial charge in [0.2, 0.25) is 0 Å². The molecule has 6 heteroatoms. The molecule has 2 aromatic carbocycles. The van der Waals surface area contributed by atoms with E-state index in [4.69, 9.17) is 9.15 Å². The standard InChI is InChI=1S/C22H20N2O4/c1-2-27-18-9-6-16(7-10-18)21(25)23-17-8-5-15-11-12-24(19(15)14-17)22(26)20-4-3-13-28-20/h3-10,13-14H,2,11-12H2,1H3,(H,23,25). The normalized spacial score (nSPS) is 12.5. The fourth-order valence-electron chi connectivity index (χ4n) is 3.27.